The Balaban J connectivity index is 1.17. The first-order valence-electron chi connectivity index (χ1n) is 12.4. The maximum atomic E-state index is 14.2. The first kappa shape index (κ1) is 21.5. The molecular weight excluding hydrogens is 431 g/mol. The van der Waals surface area contributed by atoms with Crippen molar-refractivity contribution in [2.24, 2.45) is 5.41 Å². The number of likely N-dealkylation sites (tertiary alicyclic amines) is 1. The second-order valence-corrected chi connectivity index (χ2v) is 10.2. The zero-order chi connectivity index (χ0) is 23.3. The average molecular weight is 463 g/mol. The first-order valence-corrected chi connectivity index (χ1v) is 12.4. The quantitative estimate of drug-likeness (QED) is 0.649. The molecule has 0 radical (unpaired) electrons. The van der Waals surface area contributed by atoms with Crippen molar-refractivity contribution in [3.63, 3.8) is 0 Å². The molecule has 1 aromatic carbocycles. The van der Waals surface area contributed by atoms with Crippen LogP contribution in [0.25, 0.3) is 5.65 Å². The number of anilines is 1. The number of nitrogens with one attached hydrogen (secondary N) is 1. The first-order chi connectivity index (χ1) is 16.5. The van der Waals surface area contributed by atoms with Gasteiger partial charge in [0.25, 0.3) is 0 Å². The van der Waals surface area contributed by atoms with Crippen LogP contribution in [0.1, 0.15) is 42.5 Å². The molecule has 0 unspecified atom stereocenters. The fourth-order valence-corrected chi connectivity index (χ4v) is 6.00. The average Bonchev–Trinajstić information content (AvgIpc) is 3.17. The minimum atomic E-state index is -0.413. The van der Waals surface area contributed by atoms with Gasteiger partial charge < -0.3 is 15.1 Å². The normalized spacial score (nSPS) is 20.6. The Kier molecular flexibility index (Phi) is 5.28. The predicted molar refractivity (Wildman–Crippen MR) is 129 cm³/mol. The van der Waals surface area contributed by atoms with E-state index in [-0.39, 0.29) is 17.6 Å². The number of rotatable bonds is 3. The van der Waals surface area contributed by atoms with Gasteiger partial charge in [0.15, 0.2) is 5.65 Å². The van der Waals surface area contributed by atoms with Crippen molar-refractivity contribution in [3.8, 4) is 0 Å². The summed E-state index contributed by atoms with van der Waals surface area (Å²) in [6.07, 6.45) is 5.24. The van der Waals surface area contributed by atoms with Gasteiger partial charge in [0.2, 0.25) is 5.91 Å². The van der Waals surface area contributed by atoms with Gasteiger partial charge in [-0.1, -0.05) is 18.2 Å². The van der Waals surface area contributed by atoms with Crippen LogP contribution in [-0.4, -0.2) is 64.7 Å². The van der Waals surface area contributed by atoms with E-state index in [1.54, 1.807) is 12.3 Å². The second-order valence-electron chi connectivity index (χ2n) is 10.2. The number of carbonyl (C=O) groups is 1. The monoisotopic (exact) mass is 462 g/mol. The Morgan fingerprint density at radius 3 is 2.68 bits per heavy atom. The summed E-state index contributed by atoms with van der Waals surface area (Å²) in [4.78, 5) is 22.7. The van der Waals surface area contributed by atoms with E-state index in [0.717, 1.165) is 61.5 Å². The highest BCUT2D eigenvalue weighted by Crippen LogP contribution is 2.40. The smallest absolute Gasteiger partial charge is 0.232 e. The lowest BCUT2D eigenvalue weighted by atomic mass is 9.79. The highest BCUT2D eigenvalue weighted by atomic mass is 19.1. The van der Waals surface area contributed by atoms with Crippen LogP contribution < -0.4 is 10.2 Å². The zero-order valence-electron chi connectivity index (χ0n) is 19.6. The highest BCUT2D eigenvalue weighted by Gasteiger charge is 2.49. The summed E-state index contributed by atoms with van der Waals surface area (Å²) >= 11 is 0. The van der Waals surface area contributed by atoms with Gasteiger partial charge in [-0.15, -0.1) is 0 Å². The van der Waals surface area contributed by atoms with Gasteiger partial charge >= 0.3 is 0 Å². The van der Waals surface area contributed by atoms with E-state index in [4.69, 9.17) is 4.98 Å². The summed E-state index contributed by atoms with van der Waals surface area (Å²) in [5, 5.41) is 8.02. The maximum absolute atomic E-state index is 14.2. The topological polar surface area (TPSA) is 65.8 Å². The standard InChI is InChI=1S/C26H31FN6O/c1-26(25(34)31-14-9-18(10-15-31)19-4-2-3-5-21(19)27)16-32(17-26)24-20-6-11-28-12-7-22(20)30-23-8-13-29-33(23)24/h2-5,8,13,18,28H,6-7,9-12,14-17H2,1H3. The van der Waals surface area contributed by atoms with Crippen LogP contribution in [0.5, 0.6) is 0 Å². The molecule has 0 spiro atoms. The molecule has 0 saturated carbocycles. The van der Waals surface area contributed by atoms with Gasteiger partial charge in [0, 0.05) is 50.8 Å². The lowest BCUT2D eigenvalue weighted by Crippen LogP contribution is -2.63. The lowest BCUT2D eigenvalue weighted by molar-refractivity contribution is -0.143. The Labute approximate surface area is 199 Å². The van der Waals surface area contributed by atoms with Gasteiger partial charge in [0.05, 0.1) is 17.3 Å². The minimum absolute atomic E-state index is 0.134. The summed E-state index contributed by atoms with van der Waals surface area (Å²) in [5.74, 6) is 1.36. The molecule has 0 aliphatic carbocycles. The molecular formula is C26H31FN6O. The lowest BCUT2D eigenvalue weighted by Gasteiger charge is -2.50. The van der Waals surface area contributed by atoms with Crippen LogP contribution >= 0.6 is 0 Å². The summed E-state index contributed by atoms with van der Waals surface area (Å²) in [6, 6.07) is 8.99. The number of nitrogens with zero attached hydrogens (tertiary/aromatic N) is 5. The number of piperidine rings is 1. The van der Waals surface area contributed by atoms with Gasteiger partial charge in [0.1, 0.15) is 11.6 Å². The molecule has 34 heavy (non-hydrogen) atoms. The van der Waals surface area contributed by atoms with Gasteiger partial charge in [-0.3, -0.25) is 4.79 Å². The molecule has 1 N–H and O–H groups in total. The number of carbonyl (C=O) groups excluding carboxylic acids is 1. The molecule has 0 atom stereocenters. The summed E-state index contributed by atoms with van der Waals surface area (Å²) in [7, 11) is 0. The maximum Gasteiger partial charge on any atom is 0.232 e. The third-order valence-corrected chi connectivity index (χ3v) is 7.80. The fourth-order valence-electron chi connectivity index (χ4n) is 6.00. The predicted octanol–water partition coefficient (Wildman–Crippen LogP) is 2.79. The van der Waals surface area contributed by atoms with E-state index in [0.29, 0.717) is 26.2 Å². The van der Waals surface area contributed by atoms with Crippen molar-refractivity contribution in [1.82, 2.24) is 24.8 Å². The Morgan fingerprint density at radius 2 is 1.88 bits per heavy atom. The van der Waals surface area contributed by atoms with Crippen LogP contribution in [0.15, 0.2) is 36.5 Å². The van der Waals surface area contributed by atoms with Crippen LogP contribution in [-0.2, 0) is 17.6 Å². The van der Waals surface area contributed by atoms with Crippen molar-refractivity contribution >= 4 is 17.4 Å². The number of benzene rings is 1. The van der Waals surface area contributed by atoms with Crippen molar-refractivity contribution in [2.45, 2.75) is 38.5 Å². The van der Waals surface area contributed by atoms with Crippen LogP contribution in [0, 0.1) is 11.2 Å². The van der Waals surface area contributed by atoms with Gasteiger partial charge in [-0.05, 0) is 50.3 Å². The van der Waals surface area contributed by atoms with Gasteiger partial charge in [-0.25, -0.2) is 9.37 Å². The third kappa shape index (κ3) is 3.55. The molecule has 6 rings (SSSR count). The van der Waals surface area contributed by atoms with Gasteiger partial charge in [-0.2, -0.15) is 9.61 Å². The second kappa shape index (κ2) is 8.34. The third-order valence-electron chi connectivity index (χ3n) is 7.80. The molecule has 2 aromatic heterocycles. The molecule has 0 bridgehead atoms. The van der Waals surface area contributed by atoms with Crippen LogP contribution in [0.3, 0.4) is 0 Å². The van der Waals surface area contributed by atoms with E-state index >= 15 is 0 Å². The summed E-state index contributed by atoms with van der Waals surface area (Å²) in [6.45, 7) is 6.67. The van der Waals surface area contributed by atoms with E-state index in [2.05, 4.69) is 22.2 Å². The molecule has 8 heteroatoms. The van der Waals surface area contributed by atoms with E-state index in [9.17, 15) is 9.18 Å². The Hall–Kier alpha value is -3.00. The van der Waals surface area contributed by atoms with E-state index < -0.39 is 5.41 Å². The molecule has 2 saturated heterocycles. The van der Waals surface area contributed by atoms with E-state index in [1.165, 1.54) is 11.6 Å². The van der Waals surface area contributed by atoms with Crippen molar-refractivity contribution < 1.29 is 9.18 Å². The van der Waals surface area contributed by atoms with Crippen molar-refractivity contribution in [2.75, 3.05) is 44.2 Å². The molecule has 3 aromatic rings. The SMILES string of the molecule is CC1(C(=O)N2CCC(c3ccccc3F)CC2)CN(c2c3c(nc4ccnn24)CCNCC3)C1. The van der Waals surface area contributed by atoms with Crippen LogP contribution in [0.4, 0.5) is 10.2 Å². The van der Waals surface area contributed by atoms with E-state index in [1.807, 2.05) is 27.6 Å². The van der Waals surface area contributed by atoms with Crippen molar-refractivity contribution in [3.05, 3.63) is 59.2 Å². The molecule has 1 amide bonds. The molecule has 3 aliphatic rings. The number of hydrogen-bond acceptors (Lipinski definition) is 5. The molecule has 178 valence electrons. The Bertz CT molecular complexity index is 1230. The molecule has 2 fully saturated rings. The number of hydrogen-bond donors (Lipinski definition) is 1. The molecule has 5 heterocycles. The number of amides is 1. The molecule has 7 nitrogen and oxygen atoms in total. The highest BCUT2D eigenvalue weighted by molar-refractivity contribution is 5.86. The molecule has 3 aliphatic heterocycles. The minimum Gasteiger partial charge on any atom is -0.354 e. The largest absolute Gasteiger partial charge is 0.354 e. The Morgan fingerprint density at radius 1 is 1.12 bits per heavy atom. The number of halogens is 1. The summed E-state index contributed by atoms with van der Waals surface area (Å²) in [5.41, 5.74) is 3.63. The number of aromatic nitrogens is 3. The van der Waals surface area contributed by atoms with Crippen molar-refractivity contribution in [1.29, 1.82) is 0 Å². The van der Waals surface area contributed by atoms with Crippen LogP contribution in [0.2, 0.25) is 0 Å². The fraction of sp³-hybridized carbons (Fsp3) is 0.500. The summed E-state index contributed by atoms with van der Waals surface area (Å²) < 4.78 is 16.2. The zero-order valence-corrected chi connectivity index (χ0v) is 19.6. The number of fused-ring (bicyclic) bond motifs is 2.